The molecule has 0 aliphatic carbocycles. The molecule has 0 radical (unpaired) electrons. The van der Waals surface area contributed by atoms with Crippen molar-refractivity contribution in [1.29, 1.82) is 0 Å². The summed E-state index contributed by atoms with van der Waals surface area (Å²) in [4.78, 5) is 1.35. The first-order chi connectivity index (χ1) is 7.66. The topological polar surface area (TPSA) is 68.8 Å². The maximum atomic E-state index is 5.58. The first-order valence-electron chi connectivity index (χ1n) is 5.09. The number of rotatable bonds is 4. The number of aromatic nitrogens is 3. The highest BCUT2D eigenvalue weighted by atomic mass is 32.1. The first kappa shape index (κ1) is 10.9. The summed E-state index contributed by atoms with van der Waals surface area (Å²) in [6, 6.07) is 2.21. The van der Waals surface area contributed by atoms with Crippen molar-refractivity contribution in [3.05, 3.63) is 21.9 Å². The zero-order chi connectivity index (χ0) is 11.5. The Bertz CT molecular complexity index is 473. The van der Waals surface area contributed by atoms with Gasteiger partial charge in [-0.15, -0.1) is 21.5 Å². The quantitative estimate of drug-likeness (QED) is 0.844. The number of nitrogens with one attached hydrogen (secondary N) is 1. The normalized spacial score (nSPS) is 10.6. The first-order valence-corrected chi connectivity index (χ1v) is 5.97. The maximum absolute atomic E-state index is 5.58. The third-order valence-electron chi connectivity index (χ3n) is 2.39. The Morgan fingerprint density at radius 1 is 1.50 bits per heavy atom. The molecule has 0 aliphatic rings. The van der Waals surface area contributed by atoms with Gasteiger partial charge in [-0.3, -0.25) is 4.57 Å². The van der Waals surface area contributed by atoms with E-state index in [0.717, 1.165) is 13.0 Å². The van der Waals surface area contributed by atoms with E-state index in [2.05, 4.69) is 33.9 Å². The minimum atomic E-state index is 0.425. The Balaban J connectivity index is 1.86. The highest BCUT2D eigenvalue weighted by Gasteiger charge is 2.04. The minimum absolute atomic E-state index is 0.425. The summed E-state index contributed by atoms with van der Waals surface area (Å²) in [5.41, 5.74) is 6.93. The largest absolute Gasteiger partial charge is 0.368 e. The number of nitrogens with two attached hydrogens (primary N) is 1. The molecule has 3 N–H and O–H groups in total. The summed E-state index contributed by atoms with van der Waals surface area (Å²) in [6.07, 6.45) is 0.983. The van der Waals surface area contributed by atoms with Crippen LogP contribution in [0.2, 0.25) is 0 Å². The van der Waals surface area contributed by atoms with Gasteiger partial charge in [0.15, 0.2) is 0 Å². The fourth-order valence-corrected chi connectivity index (χ4v) is 2.19. The fourth-order valence-electron chi connectivity index (χ4n) is 1.44. The molecule has 0 aromatic carbocycles. The van der Waals surface area contributed by atoms with Crippen molar-refractivity contribution in [1.82, 2.24) is 14.8 Å². The Kier molecular flexibility index (Phi) is 3.09. The van der Waals surface area contributed by atoms with E-state index in [-0.39, 0.29) is 0 Å². The predicted octanol–water partition coefficient (Wildman–Crippen LogP) is 1.42. The average Bonchev–Trinajstić information content (AvgIpc) is 2.79. The number of nitrogen functional groups attached to an aromatic ring is 1. The van der Waals surface area contributed by atoms with Crippen molar-refractivity contribution in [2.24, 2.45) is 7.05 Å². The van der Waals surface area contributed by atoms with E-state index in [1.807, 2.05) is 7.05 Å². The van der Waals surface area contributed by atoms with Gasteiger partial charge < -0.3 is 11.1 Å². The lowest BCUT2D eigenvalue weighted by molar-refractivity contribution is 0.899. The van der Waals surface area contributed by atoms with Gasteiger partial charge >= 0.3 is 0 Å². The number of anilines is 2. The lowest BCUT2D eigenvalue weighted by Crippen LogP contribution is -2.09. The lowest BCUT2D eigenvalue weighted by Gasteiger charge is -2.04. The number of aryl methyl sites for hydroxylation is 1. The summed E-state index contributed by atoms with van der Waals surface area (Å²) < 4.78 is 1.73. The van der Waals surface area contributed by atoms with Crippen LogP contribution in [0.3, 0.4) is 0 Å². The van der Waals surface area contributed by atoms with Gasteiger partial charge in [-0.25, -0.2) is 0 Å². The molecule has 6 heteroatoms. The van der Waals surface area contributed by atoms with E-state index in [9.17, 15) is 0 Å². The number of hydrogen-bond acceptors (Lipinski definition) is 5. The molecule has 2 rings (SSSR count). The Morgan fingerprint density at radius 2 is 2.31 bits per heavy atom. The van der Waals surface area contributed by atoms with Crippen LogP contribution in [-0.4, -0.2) is 21.3 Å². The minimum Gasteiger partial charge on any atom is -0.368 e. The van der Waals surface area contributed by atoms with Crippen molar-refractivity contribution >= 4 is 23.2 Å². The van der Waals surface area contributed by atoms with Gasteiger partial charge in [-0.05, 0) is 30.4 Å². The van der Waals surface area contributed by atoms with E-state index in [1.54, 1.807) is 15.9 Å². The van der Waals surface area contributed by atoms with Gasteiger partial charge in [0.25, 0.3) is 0 Å². The van der Waals surface area contributed by atoms with Crippen molar-refractivity contribution < 1.29 is 0 Å². The molecule has 0 atom stereocenters. The summed E-state index contributed by atoms with van der Waals surface area (Å²) in [5, 5.41) is 13.1. The summed E-state index contributed by atoms with van der Waals surface area (Å²) >= 11 is 1.78. The van der Waals surface area contributed by atoms with Crippen LogP contribution < -0.4 is 11.1 Å². The molecule has 86 valence electrons. The third-order valence-corrected chi connectivity index (χ3v) is 3.30. The average molecular weight is 237 g/mol. The molecule has 16 heavy (non-hydrogen) atoms. The van der Waals surface area contributed by atoms with Crippen molar-refractivity contribution in [3.63, 3.8) is 0 Å². The number of hydrogen-bond donors (Lipinski definition) is 2. The van der Waals surface area contributed by atoms with Gasteiger partial charge in [0.1, 0.15) is 0 Å². The molecule has 2 aromatic rings. The van der Waals surface area contributed by atoms with Gasteiger partial charge in [0, 0.05) is 18.5 Å². The molecule has 0 spiro atoms. The van der Waals surface area contributed by atoms with Gasteiger partial charge in [0.05, 0.1) is 0 Å². The van der Waals surface area contributed by atoms with Crippen LogP contribution in [0.1, 0.15) is 10.4 Å². The molecule has 0 amide bonds. The van der Waals surface area contributed by atoms with E-state index in [1.165, 1.54) is 10.4 Å². The standard InChI is InChI=1S/C10H15N5S/c1-7-5-8(6-16-7)3-4-12-10-14-13-9(11)15(10)2/h5-6H,3-4H2,1-2H3,(H2,11,13)(H,12,14). The zero-order valence-corrected chi connectivity index (χ0v) is 10.2. The lowest BCUT2D eigenvalue weighted by atomic mass is 10.2. The molecule has 0 bridgehead atoms. The molecule has 2 aromatic heterocycles. The second-order valence-electron chi connectivity index (χ2n) is 3.68. The van der Waals surface area contributed by atoms with Crippen LogP contribution in [0, 0.1) is 6.92 Å². The second kappa shape index (κ2) is 4.52. The molecule has 5 nitrogen and oxygen atoms in total. The molecule has 2 heterocycles. The summed E-state index contributed by atoms with van der Waals surface area (Å²) in [5.74, 6) is 1.14. The predicted molar refractivity (Wildman–Crippen MR) is 66.7 cm³/mol. The second-order valence-corrected chi connectivity index (χ2v) is 4.80. The van der Waals surface area contributed by atoms with Crippen LogP contribution in [0.5, 0.6) is 0 Å². The highest BCUT2D eigenvalue weighted by Crippen LogP contribution is 2.13. The molecule has 0 saturated carbocycles. The van der Waals surface area contributed by atoms with E-state index in [0.29, 0.717) is 11.9 Å². The van der Waals surface area contributed by atoms with Crippen LogP contribution in [0.15, 0.2) is 11.4 Å². The van der Waals surface area contributed by atoms with Crippen LogP contribution in [-0.2, 0) is 13.5 Å². The maximum Gasteiger partial charge on any atom is 0.225 e. The van der Waals surface area contributed by atoms with Gasteiger partial charge in [0.2, 0.25) is 11.9 Å². The highest BCUT2D eigenvalue weighted by molar-refractivity contribution is 7.10. The van der Waals surface area contributed by atoms with Crippen molar-refractivity contribution in [2.45, 2.75) is 13.3 Å². The molecule has 0 aliphatic heterocycles. The van der Waals surface area contributed by atoms with Crippen LogP contribution in [0.4, 0.5) is 11.9 Å². The number of thiophene rings is 1. The van der Waals surface area contributed by atoms with Gasteiger partial charge in [-0.2, -0.15) is 0 Å². The zero-order valence-electron chi connectivity index (χ0n) is 9.40. The Morgan fingerprint density at radius 3 is 2.88 bits per heavy atom. The number of nitrogens with zero attached hydrogens (tertiary/aromatic N) is 3. The molecule has 0 fully saturated rings. The SMILES string of the molecule is Cc1cc(CCNc2nnc(N)n2C)cs1. The summed E-state index contributed by atoms with van der Waals surface area (Å²) in [6.45, 7) is 2.95. The molecular formula is C10H15N5S. The molecule has 0 unspecified atom stereocenters. The van der Waals surface area contributed by atoms with Crippen LogP contribution in [0.25, 0.3) is 0 Å². The smallest absolute Gasteiger partial charge is 0.225 e. The Hall–Kier alpha value is -1.56. The van der Waals surface area contributed by atoms with Crippen LogP contribution >= 0.6 is 11.3 Å². The van der Waals surface area contributed by atoms with Gasteiger partial charge in [-0.1, -0.05) is 0 Å². The fraction of sp³-hybridized carbons (Fsp3) is 0.400. The van der Waals surface area contributed by atoms with E-state index < -0.39 is 0 Å². The van der Waals surface area contributed by atoms with E-state index in [4.69, 9.17) is 5.73 Å². The third kappa shape index (κ3) is 2.33. The van der Waals surface area contributed by atoms with E-state index >= 15 is 0 Å². The van der Waals surface area contributed by atoms with Crippen molar-refractivity contribution in [3.8, 4) is 0 Å². The molecule has 0 saturated heterocycles. The Labute approximate surface area is 98.3 Å². The monoisotopic (exact) mass is 237 g/mol. The summed E-state index contributed by atoms with van der Waals surface area (Å²) in [7, 11) is 1.84. The van der Waals surface area contributed by atoms with Crippen molar-refractivity contribution in [2.75, 3.05) is 17.6 Å². The molecular weight excluding hydrogens is 222 g/mol.